The van der Waals surface area contributed by atoms with E-state index in [4.69, 9.17) is 0 Å². The number of carbonyl (C=O) groups excluding carboxylic acids is 2. The molecule has 3 N–H and O–H groups in total. The van der Waals surface area contributed by atoms with E-state index >= 15 is 0 Å². The van der Waals surface area contributed by atoms with Crippen LogP contribution in [0.2, 0.25) is 0 Å². The van der Waals surface area contributed by atoms with Gasteiger partial charge in [0.1, 0.15) is 0 Å². The Hall–Kier alpha value is -3.10. The summed E-state index contributed by atoms with van der Waals surface area (Å²) in [5, 5.41) is 9.09. The zero-order valence-corrected chi connectivity index (χ0v) is 13.7. The molecule has 1 aliphatic heterocycles. The van der Waals surface area contributed by atoms with Gasteiger partial charge in [-0.2, -0.15) is 5.10 Å². The number of amides is 2. The van der Waals surface area contributed by atoms with E-state index in [2.05, 4.69) is 25.2 Å². The van der Waals surface area contributed by atoms with E-state index in [-0.39, 0.29) is 17.8 Å². The second kappa shape index (κ2) is 7.20. The van der Waals surface area contributed by atoms with Crippen LogP contribution in [-0.4, -0.2) is 45.7 Å². The molecule has 1 aliphatic rings. The Morgan fingerprint density at radius 3 is 2.68 bits per heavy atom. The number of piperidine rings is 1. The Kier molecular flexibility index (Phi) is 4.82. The smallest absolute Gasteiger partial charge is 0.340 e. The van der Waals surface area contributed by atoms with Gasteiger partial charge in [-0.1, -0.05) is 0 Å². The first kappa shape index (κ1) is 16.7. The molecule has 9 nitrogen and oxygen atoms in total. The van der Waals surface area contributed by atoms with Crippen LogP contribution in [0.1, 0.15) is 41.5 Å². The van der Waals surface area contributed by atoms with Crippen molar-refractivity contribution in [1.29, 1.82) is 0 Å². The van der Waals surface area contributed by atoms with E-state index in [1.165, 1.54) is 7.11 Å². The number of carbonyl (C=O) groups is 2. The average molecular weight is 345 g/mol. The fraction of sp³-hybridized carbons (Fsp3) is 0.375. The number of methoxy groups -OCH3 is 1. The maximum Gasteiger partial charge on any atom is 0.340 e. The molecule has 1 unspecified atom stereocenters. The molecular weight excluding hydrogens is 326 g/mol. The van der Waals surface area contributed by atoms with E-state index in [1.807, 2.05) is 0 Å². The van der Waals surface area contributed by atoms with Gasteiger partial charge in [-0.3, -0.25) is 4.98 Å². The molecule has 1 fully saturated rings. The van der Waals surface area contributed by atoms with Crippen LogP contribution in [0.5, 0.6) is 0 Å². The molecule has 0 radical (unpaired) electrons. The lowest BCUT2D eigenvalue weighted by Gasteiger charge is -2.34. The SMILES string of the molecule is COC(=O)c1ccc(NC(=O)N2CCCCC2c2n[nH]c(=O)[nH]2)cc1. The summed E-state index contributed by atoms with van der Waals surface area (Å²) in [6, 6.07) is 5.89. The lowest BCUT2D eigenvalue weighted by molar-refractivity contribution is 0.0600. The van der Waals surface area contributed by atoms with E-state index in [0.29, 0.717) is 23.6 Å². The molecule has 2 heterocycles. The van der Waals surface area contributed by atoms with E-state index in [1.54, 1.807) is 29.2 Å². The van der Waals surface area contributed by atoms with Gasteiger partial charge in [0.15, 0.2) is 5.82 Å². The minimum atomic E-state index is -0.434. The largest absolute Gasteiger partial charge is 0.465 e. The van der Waals surface area contributed by atoms with Crippen molar-refractivity contribution >= 4 is 17.7 Å². The molecule has 3 rings (SSSR count). The third-order valence-electron chi connectivity index (χ3n) is 4.16. The normalized spacial score (nSPS) is 17.2. The molecule has 1 aromatic carbocycles. The Morgan fingerprint density at radius 1 is 1.28 bits per heavy atom. The molecule has 1 saturated heterocycles. The summed E-state index contributed by atoms with van der Waals surface area (Å²) < 4.78 is 4.64. The van der Waals surface area contributed by atoms with Crippen molar-refractivity contribution < 1.29 is 14.3 Å². The summed E-state index contributed by atoms with van der Waals surface area (Å²) in [5.74, 6) is 0.0253. The maximum atomic E-state index is 12.6. The van der Waals surface area contributed by atoms with Gasteiger partial charge in [0.25, 0.3) is 0 Å². The lowest BCUT2D eigenvalue weighted by atomic mass is 10.0. The fourth-order valence-corrected chi connectivity index (χ4v) is 2.90. The number of likely N-dealkylation sites (tertiary alicyclic amines) is 1. The molecule has 0 spiro atoms. The maximum absolute atomic E-state index is 12.6. The molecule has 0 saturated carbocycles. The number of rotatable bonds is 3. The lowest BCUT2D eigenvalue weighted by Crippen LogP contribution is -2.41. The molecule has 0 bridgehead atoms. The van der Waals surface area contributed by atoms with Crippen molar-refractivity contribution in [1.82, 2.24) is 20.1 Å². The first-order chi connectivity index (χ1) is 12.1. The number of nitrogens with one attached hydrogen (secondary N) is 3. The molecule has 2 aromatic rings. The zero-order valence-electron chi connectivity index (χ0n) is 13.7. The number of aromatic nitrogens is 3. The second-order valence-electron chi connectivity index (χ2n) is 5.77. The summed E-state index contributed by atoms with van der Waals surface area (Å²) in [6.45, 7) is 0.575. The highest BCUT2D eigenvalue weighted by atomic mass is 16.5. The minimum Gasteiger partial charge on any atom is -0.465 e. The van der Waals surface area contributed by atoms with Gasteiger partial charge in [-0.05, 0) is 43.5 Å². The van der Waals surface area contributed by atoms with Gasteiger partial charge in [-0.25, -0.2) is 19.5 Å². The Bertz CT molecular complexity index is 810. The predicted octanol–water partition coefficient (Wildman–Crippen LogP) is 1.64. The molecule has 25 heavy (non-hydrogen) atoms. The van der Waals surface area contributed by atoms with Gasteiger partial charge in [0, 0.05) is 12.2 Å². The van der Waals surface area contributed by atoms with Crippen molar-refractivity contribution in [3.8, 4) is 0 Å². The summed E-state index contributed by atoms with van der Waals surface area (Å²) in [5.41, 5.74) is 0.585. The van der Waals surface area contributed by atoms with Gasteiger partial charge >= 0.3 is 17.7 Å². The zero-order chi connectivity index (χ0) is 17.8. The van der Waals surface area contributed by atoms with Gasteiger partial charge in [0.05, 0.1) is 18.7 Å². The van der Waals surface area contributed by atoms with Gasteiger partial charge in [-0.15, -0.1) is 0 Å². The monoisotopic (exact) mass is 345 g/mol. The molecule has 0 aliphatic carbocycles. The predicted molar refractivity (Wildman–Crippen MR) is 89.3 cm³/mol. The highest BCUT2D eigenvalue weighted by Crippen LogP contribution is 2.28. The number of H-pyrrole nitrogens is 2. The van der Waals surface area contributed by atoms with Crippen LogP contribution in [-0.2, 0) is 4.74 Å². The van der Waals surface area contributed by atoms with Crippen LogP contribution in [0, 0.1) is 0 Å². The number of hydrogen-bond acceptors (Lipinski definition) is 5. The van der Waals surface area contributed by atoms with Crippen molar-refractivity contribution in [3.63, 3.8) is 0 Å². The van der Waals surface area contributed by atoms with Gasteiger partial charge < -0.3 is 15.0 Å². The molecule has 9 heteroatoms. The molecule has 1 atom stereocenters. The van der Waals surface area contributed by atoms with Crippen molar-refractivity contribution in [2.24, 2.45) is 0 Å². The van der Waals surface area contributed by atoms with Crippen LogP contribution < -0.4 is 11.0 Å². The fourth-order valence-electron chi connectivity index (χ4n) is 2.90. The number of anilines is 1. The van der Waals surface area contributed by atoms with Crippen molar-refractivity contribution in [2.75, 3.05) is 19.0 Å². The quantitative estimate of drug-likeness (QED) is 0.731. The summed E-state index contributed by atoms with van der Waals surface area (Å²) in [7, 11) is 1.31. The minimum absolute atomic E-state index is 0.276. The highest BCUT2D eigenvalue weighted by Gasteiger charge is 2.30. The number of esters is 1. The average Bonchev–Trinajstić information content (AvgIpc) is 3.08. The van der Waals surface area contributed by atoms with Gasteiger partial charge in [0.2, 0.25) is 0 Å². The summed E-state index contributed by atoms with van der Waals surface area (Å²) in [6.07, 6.45) is 2.58. The first-order valence-electron chi connectivity index (χ1n) is 7.99. The summed E-state index contributed by atoms with van der Waals surface area (Å²) in [4.78, 5) is 39.6. The van der Waals surface area contributed by atoms with E-state index in [0.717, 1.165) is 19.3 Å². The number of nitrogens with zero attached hydrogens (tertiary/aromatic N) is 2. The summed E-state index contributed by atoms with van der Waals surface area (Å²) >= 11 is 0. The topological polar surface area (TPSA) is 120 Å². The van der Waals surface area contributed by atoms with E-state index < -0.39 is 5.97 Å². The van der Waals surface area contributed by atoms with Crippen LogP contribution in [0.15, 0.2) is 29.1 Å². The van der Waals surface area contributed by atoms with Crippen LogP contribution >= 0.6 is 0 Å². The first-order valence-corrected chi connectivity index (χ1v) is 7.99. The standard InChI is InChI=1S/C16H19N5O4/c1-25-14(22)10-5-7-11(8-6-10)17-16(24)21-9-3-2-4-12(21)13-18-15(23)20-19-13/h5-8,12H,2-4,9H2,1H3,(H,17,24)(H2,18,19,20,23). The Labute approximate surface area is 143 Å². The number of urea groups is 1. The Balaban J connectivity index is 1.72. The van der Waals surface area contributed by atoms with E-state index in [9.17, 15) is 14.4 Å². The Morgan fingerprint density at radius 2 is 2.04 bits per heavy atom. The molecular formula is C16H19N5O4. The number of benzene rings is 1. The highest BCUT2D eigenvalue weighted by molar-refractivity contribution is 5.92. The second-order valence-corrected chi connectivity index (χ2v) is 5.77. The number of ether oxygens (including phenoxy) is 1. The third-order valence-corrected chi connectivity index (χ3v) is 4.16. The molecule has 132 valence electrons. The molecule has 1 aromatic heterocycles. The van der Waals surface area contributed by atoms with Crippen molar-refractivity contribution in [2.45, 2.75) is 25.3 Å². The number of aromatic amines is 2. The molecule has 2 amide bonds. The van der Waals surface area contributed by atoms with Crippen LogP contribution in [0.25, 0.3) is 0 Å². The number of hydrogen-bond donors (Lipinski definition) is 3. The van der Waals surface area contributed by atoms with Crippen LogP contribution in [0.3, 0.4) is 0 Å². The third kappa shape index (κ3) is 3.70. The van der Waals surface area contributed by atoms with Crippen LogP contribution in [0.4, 0.5) is 10.5 Å². The van der Waals surface area contributed by atoms with Crippen molar-refractivity contribution in [3.05, 3.63) is 46.1 Å².